The number of hydrogen-bond donors (Lipinski definition) is 2. The van der Waals surface area contributed by atoms with Gasteiger partial charge in [0.15, 0.2) is 5.43 Å². The van der Waals surface area contributed by atoms with Crippen molar-refractivity contribution >= 4 is 10.9 Å². The van der Waals surface area contributed by atoms with Crippen LogP contribution in [0.5, 0.6) is 5.75 Å². The van der Waals surface area contributed by atoms with Crippen molar-refractivity contribution in [1.29, 1.82) is 0 Å². The van der Waals surface area contributed by atoms with Gasteiger partial charge < -0.3 is 10.1 Å². The second-order valence-corrected chi connectivity index (χ2v) is 5.10. The number of nitrogens with one attached hydrogen (secondary N) is 1. The molecule has 0 saturated carbocycles. The lowest BCUT2D eigenvalue weighted by molar-refractivity contribution is 0.479. The van der Waals surface area contributed by atoms with Crippen LogP contribution in [0.3, 0.4) is 0 Å². The largest absolute Gasteiger partial charge is 0.506 e. The highest BCUT2D eigenvalue weighted by molar-refractivity contribution is 5.85. The minimum absolute atomic E-state index is 0.0568. The number of pyridine rings is 1. The van der Waals surface area contributed by atoms with E-state index in [9.17, 15) is 9.90 Å². The molecule has 0 atom stereocenters. The summed E-state index contributed by atoms with van der Waals surface area (Å²) < 4.78 is 0. The zero-order valence-electron chi connectivity index (χ0n) is 11.8. The van der Waals surface area contributed by atoms with E-state index in [0.29, 0.717) is 10.9 Å². The van der Waals surface area contributed by atoms with Crippen molar-refractivity contribution in [1.82, 2.24) is 4.98 Å². The van der Waals surface area contributed by atoms with Gasteiger partial charge in [0.2, 0.25) is 0 Å². The summed E-state index contributed by atoms with van der Waals surface area (Å²) in [6.07, 6.45) is 3.59. The molecule has 0 radical (unpaired) electrons. The van der Waals surface area contributed by atoms with Crippen LogP contribution in [-0.4, -0.2) is 10.1 Å². The molecule has 0 saturated heterocycles. The molecule has 0 aliphatic heterocycles. The monoisotopic (exact) mass is 259 g/mol. The van der Waals surface area contributed by atoms with Gasteiger partial charge in [-0.2, -0.15) is 0 Å². The van der Waals surface area contributed by atoms with E-state index in [-0.39, 0.29) is 11.2 Å². The number of rotatable bonds is 4. The molecule has 2 aromatic rings. The molecule has 3 nitrogen and oxygen atoms in total. The van der Waals surface area contributed by atoms with Crippen LogP contribution in [0.4, 0.5) is 0 Å². The Morgan fingerprint density at radius 1 is 1.16 bits per heavy atom. The number of aryl methyl sites for hydroxylation is 2. The zero-order valence-corrected chi connectivity index (χ0v) is 11.8. The molecule has 0 amide bonds. The topological polar surface area (TPSA) is 53.1 Å². The molecule has 1 heterocycles. The van der Waals surface area contributed by atoms with Crippen LogP contribution in [-0.2, 0) is 12.8 Å². The molecule has 1 aromatic heterocycles. The van der Waals surface area contributed by atoms with Gasteiger partial charge in [0.25, 0.3) is 0 Å². The Labute approximate surface area is 113 Å². The number of phenols is 1. The minimum atomic E-state index is 0.0568. The Balaban J connectivity index is 2.75. The van der Waals surface area contributed by atoms with Gasteiger partial charge >= 0.3 is 0 Å². The highest BCUT2D eigenvalue weighted by Crippen LogP contribution is 2.25. The Morgan fingerprint density at radius 2 is 1.84 bits per heavy atom. The van der Waals surface area contributed by atoms with Crippen molar-refractivity contribution in [3.8, 4) is 5.75 Å². The Hall–Kier alpha value is -1.77. The first-order valence-corrected chi connectivity index (χ1v) is 6.95. The predicted molar refractivity (Wildman–Crippen MR) is 79.0 cm³/mol. The summed E-state index contributed by atoms with van der Waals surface area (Å²) in [6.45, 7) is 6.04. The van der Waals surface area contributed by atoms with Crippen LogP contribution in [0.1, 0.15) is 43.5 Å². The number of H-pyrrole nitrogens is 1. The molecular weight excluding hydrogens is 238 g/mol. The highest BCUT2D eigenvalue weighted by Gasteiger charge is 2.12. The highest BCUT2D eigenvalue weighted by atomic mass is 16.3. The van der Waals surface area contributed by atoms with Gasteiger partial charge in [-0.1, -0.05) is 26.7 Å². The number of hydrogen-bond acceptors (Lipinski definition) is 2. The summed E-state index contributed by atoms with van der Waals surface area (Å²) in [4.78, 5) is 15.7. The van der Waals surface area contributed by atoms with Crippen LogP contribution < -0.4 is 5.43 Å². The molecule has 0 unspecified atom stereocenters. The van der Waals surface area contributed by atoms with Crippen LogP contribution in [0.15, 0.2) is 16.9 Å². The van der Waals surface area contributed by atoms with Gasteiger partial charge in [0, 0.05) is 16.6 Å². The van der Waals surface area contributed by atoms with Gasteiger partial charge in [-0.05, 0) is 37.5 Å². The van der Waals surface area contributed by atoms with Crippen molar-refractivity contribution in [2.24, 2.45) is 0 Å². The van der Waals surface area contributed by atoms with E-state index >= 15 is 0 Å². The van der Waals surface area contributed by atoms with Crippen LogP contribution in [0.25, 0.3) is 10.9 Å². The van der Waals surface area contributed by atoms with Crippen LogP contribution >= 0.6 is 0 Å². The van der Waals surface area contributed by atoms with Crippen molar-refractivity contribution in [3.63, 3.8) is 0 Å². The second-order valence-electron chi connectivity index (χ2n) is 5.10. The lowest BCUT2D eigenvalue weighted by atomic mass is 10.0. The fourth-order valence-electron chi connectivity index (χ4n) is 2.58. The average molecular weight is 259 g/mol. The standard InChI is InChI=1S/C16H21NO2/c1-4-6-11-8-13-15(14(18)9-11)17-10(3)12(7-5-2)16(13)19/h8-9,18H,4-7H2,1-3H3,(H,17,19). The molecule has 0 fully saturated rings. The number of aromatic hydroxyl groups is 1. The molecule has 1 aromatic carbocycles. The number of phenolic OH excluding ortho intramolecular Hbond substituents is 1. The molecule has 0 aliphatic carbocycles. The van der Waals surface area contributed by atoms with E-state index in [1.807, 2.05) is 13.0 Å². The molecule has 19 heavy (non-hydrogen) atoms. The molecule has 0 spiro atoms. The number of aromatic amines is 1. The summed E-state index contributed by atoms with van der Waals surface area (Å²) in [6, 6.07) is 3.66. The number of fused-ring (bicyclic) bond motifs is 1. The smallest absolute Gasteiger partial charge is 0.192 e. The lowest BCUT2D eigenvalue weighted by Crippen LogP contribution is -2.13. The van der Waals surface area contributed by atoms with Crippen molar-refractivity contribution < 1.29 is 5.11 Å². The third kappa shape index (κ3) is 2.50. The molecule has 2 N–H and O–H groups in total. The Kier molecular flexibility index (Phi) is 3.93. The maximum Gasteiger partial charge on any atom is 0.192 e. The summed E-state index contributed by atoms with van der Waals surface area (Å²) in [5.74, 6) is 0.171. The van der Waals surface area contributed by atoms with E-state index in [1.165, 1.54) is 0 Å². The third-order valence-electron chi connectivity index (χ3n) is 3.50. The molecule has 3 heteroatoms. The van der Waals surface area contributed by atoms with Crippen LogP contribution in [0.2, 0.25) is 0 Å². The molecule has 0 bridgehead atoms. The van der Waals surface area contributed by atoms with Gasteiger partial charge in [-0.15, -0.1) is 0 Å². The predicted octanol–water partition coefficient (Wildman–Crippen LogP) is 3.45. The minimum Gasteiger partial charge on any atom is -0.506 e. The summed E-state index contributed by atoms with van der Waals surface area (Å²) in [5.41, 5.74) is 3.33. The summed E-state index contributed by atoms with van der Waals surface area (Å²) >= 11 is 0. The van der Waals surface area contributed by atoms with Gasteiger partial charge in [-0.3, -0.25) is 4.79 Å². The van der Waals surface area contributed by atoms with E-state index in [4.69, 9.17) is 0 Å². The SMILES string of the molecule is CCCc1cc(O)c2[nH]c(C)c(CCC)c(=O)c2c1. The lowest BCUT2D eigenvalue weighted by Gasteiger charge is -2.10. The first-order chi connectivity index (χ1) is 9.08. The second kappa shape index (κ2) is 5.47. The first-order valence-electron chi connectivity index (χ1n) is 6.95. The van der Waals surface area contributed by atoms with Gasteiger partial charge in [-0.25, -0.2) is 0 Å². The third-order valence-corrected chi connectivity index (χ3v) is 3.50. The van der Waals surface area contributed by atoms with Crippen molar-refractivity contribution in [2.75, 3.05) is 0 Å². The normalized spacial score (nSPS) is 11.1. The molecule has 0 aliphatic rings. The molecule has 2 rings (SSSR count). The number of aromatic nitrogens is 1. The van der Waals surface area contributed by atoms with Crippen LogP contribution in [0, 0.1) is 6.92 Å². The first kappa shape index (κ1) is 13.7. The maximum absolute atomic E-state index is 12.5. The summed E-state index contributed by atoms with van der Waals surface area (Å²) in [7, 11) is 0. The number of benzene rings is 1. The Morgan fingerprint density at radius 3 is 2.47 bits per heavy atom. The average Bonchev–Trinajstić information content (AvgIpc) is 2.37. The van der Waals surface area contributed by atoms with Crippen molar-refractivity contribution in [3.05, 3.63) is 39.2 Å². The molecule has 102 valence electrons. The maximum atomic E-state index is 12.5. The molecular formula is C16H21NO2. The quantitative estimate of drug-likeness (QED) is 0.883. The Bertz CT molecular complexity index is 656. The van der Waals surface area contributed by atoms with E-state index in [0.717, 1.165) is 42.5 Å². The zero-order chi connectivity index (χ0) is 14.0. The van der Waals surface area contributed by atoms with Gasteiger partial charge in [0.1, 0.15) is 5.75 Å². The van der Waals surface area contributed by atoms with Gasteiger partial charge in [0.05, 0.1) is 5.52 Å². The summed E-state index contributed by atoms with van der Waals surface area (Å²) in [5, 5.41) is 10.7. The van der Waals surface area contributed by atoms with E-state index < -0.39 is 0 Å². The van der Waals surface area contributed by atoms with E-state index in [1.54, 1.807) is 6.07 Å². The van der Waals surface area contributed by atoms with Crippen molar-refractivity contribution in [2.45, 2.75) is 46.5 Å². The van der Waals surface area contributed by atoms with E-state index in [2.05, 4.69) is 18.8 Å². The fraction of sp³-hybridized carbons (Fsp3) is 0.438. The fourth-order valence-corrected chi connectivity index (χ4v) is 2.58.